The lowest BCUT2D eigenvalue weighted by Gasteiger charge is -2.23. The molecule has 1 aromatic heterocycles. The number of aromatic nitrogens is 1. The van der Waals surface area contributed by atoms with Crippen molar-refractivity contribution in [1.29, 1.82) is 0 Å². The highest BCUT2D eigenvalue weighted by Gasteiger charge is 2.40. The fourth-order valence-corrected chi connectivity index (χ4v) is 2.48. The van der Waals surface area contributed by atoms with Crippen molar-refractivity contribution >= 4 is 17.7 Å². The number of pyridine rings is 1. The third-order valence-electron chi connectivity index (χ3n) is 3.74. The van der Waals surface area contributed by atoms with Gasteiger partial charge in [-0.05, 0) is 25.5 Å². The third-order valence-corrected chi connectivity index (χ3v) is 3.74. The number of carbonyl (C=O) groups is 2. The average molecular weight is 277 g/mol. The molecule has 1 fully saturated rings. The van der Waals surface area contributed by atoms with Crippen LogP contribution in [0.2, 0.25) is 0 Å². The summed E-state index contributed by atoms with van der Waals surface area (Å²) in [4.78, 5) is 29.7. The molecule has 6 heteroatoms. The summed E-state index contributed by atoms with van der Waals surface area (Å²) in [6.07, 6.45) is 2.34. The molecule has 1 atom stereocenters. The number of rotatable bonds is 3. The van der Waals surface area contributed by atoms with Gasteiger partial charge in [0.15, 0.2) is 0 Å². The summed E-state index contributed by atoms with van der Waals surface area (Å²) in [7, 11) is 2.99. The van der Waals surface area contributed by atoms with Gasteiger partial charge in [0.1, 0.15) is 5.82 Å². The third kappa shape index (κ3) is 2.59. The molecule has 2 rings (SSSR count). The van der Waals surface area contributed by atoms with Crippen molar-refractivity contribution in [3.8, 4) is 0 Å². The Kier molecular flexibility index (Phi) is 3.92. The van der Waals surface area contributed by atoms with Gasteiger partial charge in [0, 0.05) is 26.3 Å². The maximum absolute atomic E-state index is 11.9. The average Bonchev–Trinajstić information content (AvgIpc) is 2.89. The lowest BCUT2D eigenvalue weighted by atomic mass is 9.89. The molecular weight excluding hydrogens is 258 g/mol. The van der Waals surface area contributed by atoms with Crippen LogP contribution in [0.3, 0.4) is 0 Å². The van der Waals surface area contributed by atoms with E-state index in [1.165, 1.54) is 7.11 Å². The number of esters is 1. The Morgan fingerprint density at radius 1 is 1.50 bits per heavy atom. The molecule has 1 aromatic rings. The molecule has 0 aliphatic carbocycles. The molecule has 0 radical (unpaired) electrons. The molecule has 1 saturated heterocycles. The first kappa shape index (κ1) is 14.3. The van der Waals surface area contributed by atoms with Crippen LogP contribution in [-0.4, -0.2) is 44.1 Å². The Balaban J connectivity index is 2.18. The maximum Gasteiger partial charge on any atom is 0.338 e. The second-order valence-electron chi connectivity index (χ2n) is 5.21. The van der Waals surface area contributed by atoms with E-state index in [1.807, 2.05) is 11.8 Å². The normalized spacial score (nSPS) is 21.6. The summed E-state index contributed by atoms with van der Waals surface area (Å²) in [5.41, 5.74) is 0.0450. The van der Waals surface area contributed by atoms with Crippen LogP contribution in [0.25, 0.3) is 0 Å². The molecule has 20 heavy (non-hydrogen) atoms. The highest BCUT2D eigenvalue weighted by molar-refractivity contribution is 5.90. The smallest absolute Gasteiger partial charge is 0.338 e. The van der Waals surface area contributed by atoms with Crippen LogP contribution in [0.5, 0.6) is 0 Å². The van der Waals surface area contributed by atoms with Crippen molar-refractivity contribution in [2.75, 3.05) is 32.1 Å². The second kappa shape index (κ2) is 5.48. The van der Waals surface area contributed by atoms with E-state index >= 15 is 0 Å². The number of hydrogen-bond donors (Lipinski definition) is 1. The summed E-state index contributed by atoms with van der Waals surface area (Å²) in [6, 6.07) is 3.31. The van der Waals surface area contributed by atoms with Crippen LogP contribution < -0.4 is 10.2 Å². The molecule has 2 heterocycles. The molecule has 0 bridgehead atoms. The highest BCUT2D eigenvalue weighted by atomic mass is 16.5. The molecule has 1 aliphatic rings. The van der Waals surface area contributed by atoms with Gasteiger partial charge < -0.3 is 15.0 Å². The van der Waals surface area contributed by atoms with Gasteiger partial charge >= 0.3 is 5.97 Å². The van der Waals surface area contributed by atoms with Crippen molar-refractivity contribution in [2.45, 2.75) is 13.3 Å². The number of ether oxygens (including phenoxy) is 1. The first-order valence-corrected chi connectivity index (χ1v) is 6.51. The zero-order valence-corrected chi connectivity index (χ0v) is 12.0. The Morgan fingerprint density at radius 2 is 2.25 bits per heavy atom. The summed E-state index contributed by atoms with van der Waals surface area (Å²) >= 11 is 0. The summed E-state index contributed by atoms with van der Waals surface area (Å²) in [5.74, 6) is 0.339. The monoisotopic (exact) mass is 277 g/mol. The number of nitrogens with one attached hydrogen (secondary N) is 1. The first-order valence-electron chi connectivity index (χ1n) is 6.51. The highest BCUT2D eigenvalue weighted by Crippen LogP contribution is 2.32. The molecule has 1 amide bonds. The van der Waals surface area contributed by atoms with E-state index in [1.54, 1.807) is 25.4 Å². The fourth-order valence-electron chi connectivity index (χ4n) is 2.48. The molecule has 6 nitrogen and oxygen atoms in total. The van der Waals surface area contributed by atoms with E-state index in [2.05, 4.69) is 10.3 Å². The zero-order chi connectivity index (χ0) is 14.8. The second-order valence-corrected chi connectivity index (χ2v) is 5.21. The molecule has 1 N–H and O–H groups in total. The number of methoxy groups -OCH3 is 1. The van der Waals surface area contributed by atoms with Crippen molar-refractivity contribution in [3.63, 3.8) is 0 Å². The topological polar surface area (TPSA) is 71.5 Å². The predicted octanol–water partition coefficient (Wildman–Crippen LogP) is 0.831. The Bertz CT molecular complexity index is 532. The number of nitrogens with zero attached hydrogens (tertiary/aromatic N) is 2. The van der Waals surface area contributed by atoms with Crippen LogP contribution in [0.15, 0.2) is 18.3 Å². The molecule has 108 valence electrons. The maximum atomic E-state index is 11.9. The quantitative estimate of drug-likeness (QED) is 0.829. The van der Waals surface area contributed by atoms with Gasteiger partial charge in [0.2, 0.25) is 5.91 Å². The molecule has 1 unspecified atom stereocenters. The van der Waals surface area contributed by atoms with E-state index in [0.29, 0.717) is 17.9 Å². The number of anilines is 1. The van der Waals surface area contributed by atoms with Gasteiger partial charge in [0.25, 0.3) is 0 Å². The number of carbonyl (C=O) groups excluding carboxylic acids is 2. The first-order chi connectivity index (χ1) is 9.50. The van der Waals surface area contributed by atoms with Gasteiger partial charge in [-0.1, -0.05) is 0 Å². The van der Waals surface area contributed by atoms with Gasteiger partial charge in [-0.25, -0.2) is 9.78 Å². The fraction of sp³-hybridized carbons (Fsp3) is 0.500. The molecule has 0 aromatic carbocycles. The van der Waals surface area contributed by atoms with Crippen molar-refractivity contribution in [2.24, 2.45) is 5.41 Å². The Labute approximate surface area is 118 Å². The minimum absolute atomic E-state index is 0.0316. The standard InChI is InChI=1S/C14H19N3O3/c1-14(13(19)15-2)5-7-17(9-14)11-8-10(4-6-16-11)12(18)20-3/h4,6,8H,5,7,9H2,1-3H3,(H,15,19). The van der Waals surface area contributed by atoms with E-state index in [4.69, 9.17) is 4.74 Å². The van der Waals surface area contributed by atoms with Gasteiger partial charge in [-0.2, -0.15) is 0 Å². The molecular formula is C14H19N3O3. The van der Waals surface area contributed by atoms with E-state index in [9.17, 15) is 9.59 Å². The zero-order valence-electron chi connectivity index (χ0n) is 12.0. The summed E-state index contributed by atoms with van der Waals surface area (Å²) in [5, 5.41) is 2.70. The predicted molar refractivity (Wildman–Crippen MR) is 74.6 cm³/mol. The van der Waals surface area contributed by atoms with E-state index < -0.39 is 5.41 Å². The SMILES string of the molecule is CNC(=O)C1(C)CCN(c2cc(C(=O)OC)ccn2)C1. The van der Waals surface area contributed by atoms with Crippen LogP contribution in [0.1, 0.15) is 23.7 Å². The lowest BCUT2D eigenvalue weighted by molar-refractivity contribution is -0.128. The summed E-state index contributed by atoms with van der Waals surface area (Å²) < 4.78 is 4.70. The van der Waals surface area contributed by atoms with Crippen molar-refractivity contribution < 1.29 is 14.3 Å². The van der Waals surface area contributed by atoms with Crippen molar-refractivity contribution in [3.05, 3.63) is 23.9 Å². The molecule has 0 spiro atoms. The molecule has 1 aliphatic heterocycles. The number of amides is 1. The lowest BCUT2D eigenvalue weighted by Crippen LogP contribution is -2.39. The minimum atomic E-state index is -0.419. The number of hydrogen-bond acceptors (Lipinski definition) is 5. The Morgan fingerprint density at radius 3 is 2.90 bits per heavy atom. The van der Waals surface area contributed by atoms with Gasteiger partial charge in [-0.15, -0.1) is 0 Å². The van der Waals surface area contributed by atoms with Crippen LogP contribution in [0, 0.1) is 5.41 Å². The van der Waals surface area contributed by atoms with Gasteiger partial charge in [-0.3, -0.25) is 4.79 Å². The van der Waals surface area contributed by atoms with E-state index in [0.717, 1.165) is 13.0 Å². The molecule has 0 saturated carbocycles. The van der Waals surface area contributed by atoms with Gasteiger partial charge in [0.05, 0.1) is 18.1 Å². The Hall–Kier alpha value is -2.11. The van der Waals surface area contributed by atoms with Crippen LogP contribution in [0.4, 0.5) is 5.82 Å². The minimum Gasteiger partial charge on any atom is -0.465 e. The summed E-state index contributed by atoms with van der Waals surface area (Å²) in [6.45, 7) is 3.27. The van der Waals surface area contributed by atoms with Crippen molar-refractivity contribution in [1.82, 2.24) is 10.3 Å². The largest absolute Gasteiger partial charge is 0.465 e. The van der Waals surface area contributed by atoms with Crippen LogP contribution in [-0.2, 0) is 9.53 Å². The van der Waals surface area contributed by atoms with E-state index in [-0.39, 0.29) is 11.9 Å². The van der Waals surface area contributed by atoms with Crippen LogP contribution >= 0.6 is 0 Å².